The molecule has 0 saturated carbocycles. The highest BCUT2D eigenvalue weighted by molar-refractivity contribution is 5.77. The van der Waals surface area contributed by atoms with Crippen LogP contribution in [0.2, 0.25) is 0 Å². The Labute approximate surface area is 176 Å². The van der Waals surface area contributed by atoms with Crippen LogP contribution >= 0.6 is 0 Å². The summed E-state index contributed by atoms with van der Waals surface area (Å²) in [6, 6.07) is 12.7. The van der Waals surface area contributed by atoms with E-state index in [0.29, 0.717) is 12.6 Å². The highest BCUT2D eigenvalue weighted by Crippen LogP contribution is 2.41. The number of aromatic nitrogens is 3. The quantitative estimate of drug-likeness (QED) is 0.712. The molecule has 0 bridgehead atoms. The molecule has 0 atom stereocenters. The van der Waals surface area contributed by atoms with Gasteiger partial charge >= 0.3 is 0 Å². The number of nitrogens with one attached hydrogen (secondary N) is 1. The van der Waals surface area contributed by atoms with E-state index in [4.69, 9.17) is 4.74 Å². The summed E-state index contributed by atoms with van der Waals surface area (Å²) in [5.74, 6) is 1.76. The number of fused-ring (bicyclic) bond motifs is 1. The third kappa shape index (κ3) is 3.63. The first-order valence-corrected chi connectivity index (χ1v) is 10.5. The largest absolute Gasteiger partial charge is 0.487 e. The van der Waals surface area contributed by atoms with Crippen LogP contribution in [-0.4, -0.2) is 47.2 Å². The number of anilines is 4. The molecular formula is C23H26N6O. The van der Waals surface area contributed by atoms with E-state index in [2.05, 4.69) is 48.3 Å². The Bertz CT molecular complexity index is 1000. The van der Waals surface area contributed by atoms with E-state index in [-0.39, 0.29) is 0 Å². The molecule has 0 radical (unpaired) electrons. The molecule has 5 rings (SSSR count). The van der Waals surface area contributed by atoms with Crippen molar-refractivity contribution in [3.63, 3.8) is 0 Å². The number of nitrogens with zero attached hydrogens (tertiary/aromatic N) is 5. The van der Waals surface area contributed by atoms with Crippen molar-refractivity contribution >= 4 is 23.0 Å². The predicted octanol–water partition coefficient (Wildman–Crippen LogP) is 3.79. The lowest BCUT2D eigenvalue weighted by Crippen LogP contribution is -2.48. The van der Waals surface area contributed by atoms with Crippen LogP contribution < -0.4 is 19.9 Å². The summed E-state index contributed by atoms with van der Waals surface area (Å²) in [7, 11) is 0. The van der Waals surface area contributed by atoms with Crippen molar-refractivity contribution < 1.29 is 4.74 Å². The molecule has 0 spiro atoms. The molecule has 30 heavy (non-hydrogen) atoms. The van der Waals surface area contributed by atoms with Gasteiger partial charge in [-0.3, -0.25) is 4.98 Å². The Kier molecular flexibility index (Phi) is 5.09. The summed E-state index contributed by atoms with van der Waals surface area (Å²) < 4.78 is 6.12. The van der Waals surface area contributed by atoms with E-state index in [9.17, 15) is 0 Å². The molecule has 0 unspecified atom stereocenters. The maximum atomic E-state index is 6.12. The minimum absolute atomic E-state index is 0.489. The van der Waals surface area contributed by atoms with Gasteiger partial charge in [0.05, 0.1) is 29.3 Å². The van der Waals surface area contributed by atoms with E-state index >= 15 is 0 Å². The van der Waals surface area contributed by atoms with Gasteiger partial charge in [0.25, 0.3) is 0 Å². The van der Waals surface area contributed by atoms with Crippen molar-refractivity contribution in [1.82, 2.24) is 15.0 Å². The fourth-order valence-electron chi connectivity index (χ4n) is 4.34. The van der Waals surface area contributed by atoms with Crippen molar-refractivity contribution in [2.45, 2.75) is 25.8 Å². The second-order valence-corrected chi connectivity index (χ2v) is 7.72. The fourth-order valence-corrected chi connectivity index (χ4v) is 4.34. The Morgan fingerprint density at radius 2 is 1.67 bits per heavy atom. The summed E-state index contributed by atoms with van der Waals surface area (Å²) >= 11 is 0. The zero-order chi connectivity index (χ0) is 20.3. The highest BCUT2D eigenvalue weighted by atomic mass is 16.5. The van der Waals surface area contributed by atoms with Gasteiger partial charge in [-0.2, -0.15) is 0 Å². The number of pyridine rings is 1. The van der Waals surface area contributed by atoms with Crippen molar-refractivity contribution in [2.75, 3.05) is 41.4 Å². The van der Waals surface area contributed by atoms with Crippen molar-refractivity contribution in [2.24, 2.45) is 0 Å². The number of rotatable bonds is 4. The maximum Gasteiger partial charge on any atom is 0.225 e. The summed E-state index contributed by atoms with van der Waals surface area (Å²) in [6.45, 7) is 5.55. The van der Waals surface area contributed by atoms with Gasteiger partial charge in [0, 0.05) is 37.7 Å². The van der Waals surface area contributed by atoms with Crippen molar-refractivity contribution in [1.29, 1.82) is 0 Å². The predicted molar refractivity (Wildman–Crippen MR) is 119 cm³/mol. The first-order chi connectivity index (χ1) is 14.8. The monoisotopic (exact) mass is 402 g/mol. The van der Waals surface area contributed by atoms with Gasteiger partial charge in [0.15, 0.2) is 5.75 Å². The van der Waals surface area contributed by atoms with Gasteiger partial charge in [-0.25, -0.2) is 9.97 Å². The second kappa shape index (κ2) is 8.18. The summed E-state index contributed by atoms with van der Waals surface area (Å²) in [5.41, 5.74) is 4.13. The standard InChI is InChI=1S/C23H26N6O/c1-17-19(6-3-10-24-17)27-20-5-2-7-21-22(20)30-16-15-29(21)18-8-13-28(14-9-18)23-25-11-4-12-26-23/h2-7,10-12,18,27H,8-9,13-16H2,1H3. The Hall–Kier alpha value is -3.35. The van der Waals surface area contributed by atoms with Crippen molar-refractivity contribution in [3.05, 3.63) is 60.7 Å². The Morgan fingerprint density at radius 3 is 2.47 bits per heavy atom. The highest BCUT2D eigenvalue weighted by Gasteiger charge is 2.30. The number of aryl methyl sites for hydroxylation is 1. The lowest BCUT2D eigenvalue weighted by atomic mass is 10.0. The van der Waals surface area contributed by atoms with E-state index in [1.54, 1.807) is 0 Å². The molecule has 0 amide bonds. The normalized spacial score (nSPS) is 16.7. The van der Waals surface area contributed by atoms with Crippen LogP contribution in [0.1, 0.15) is 18.5 Å². The number of hydrogen-bond donors (Lipinski definition) is 1. The zero-order valence-corrected chi connectivity index (χ0v) is 17.2. The maximum absolute atomic E-state index is 6.12. The molecule has 154 valence electrons. The first kappa shape index (κ1) is 18.7. The lowest BCUT2D eigenvalue weighted by molar-refractivity contribution is 0.294. The summed E-state index contributed by atoms with van der Waals surface area (Å²) in [6.07, 6.45) is 7.59. The van der Waals surface area contributed by atoms with Crippen LogP contribution in [0.5, 0.6) is 5.75 Å². The summed E-state index contributed by atoms with van der Waals surface area (Å²) in [4.78, 5) is 18.0. The molecular weight excluding hydrogens is 376 g/mol. The Balaban J connectivity index is 1.34. The average Bonchev–Trinajstić information content (AvgIpc) is 2.81. The smallest absolute Gasteiger partial charge is 0.225 e. The third-order valence-corrected chi connectivity index (χ3v) is 5.90. The minimum atomic E-state index is 0.489. The molecule has 1 saturated heterocycles. The molecule has 1 fully saturated rings. The van der Waals surface area contributed by atoms with Crippen LogP contribution in [0.4, 0.5) is 23.0 Å². The van der Waals surface area contributed by atoms with Crippen LogP contribution in [0.25, 0.3) is 0 Å². The van der Waals surface area contributed by atoms with Gasteiger partial charge in [-0.1, -0.05) is 6.07 Å². The summed E-state index contributed by atoms with van der Waals surface area (Å²) in [5, 5.41) is 3.51. The lowest BCUT2D eigenvalue weighted by Gasteiger charge is -2.42. The average molecular weight is 403 g/mol. The number of ether oxygens (including phenoxy) is 1. The first-order valence-electron chi connectivity index (χ1n) is 10.5. The van der Waals surface area contributed by atoms with Gasteiger partial charge in [-0.15, -0.1) is 0 Å². The van der Waals surface area contributed by atoms with E-state index < -0.39 is 0 Å². The Morgan fingerprint density at radius 1 is 0.900 bits per heavy atom. The molecule has 0 aliphatic carbocycles. The van der Waals surface area contributed by atoms with Gasteiger partial charge < -0.3 is 19.9 Å². The topological polar surface area (TPSA) is 66.4 Å². The molecule has 3 aromatic rings. The van der Waals surface area contributed by atoms with E-state index in [1.807, 2.05) is 43.7 Å². The van der Waals surface area contributed by atoms with Crippen molar-refractivity contribution in [3.8, 4) is 5.75 Å². The molecule has 1 aromatic carbocycles. The van der Waals surface area contributed by atoms with Gasteiger partial charge in [0.1, 0.15) is 6.61 Å². The van der Waals surface area contributed by atoms with Crippen LogP contribution in [0.15, 0.2) is 55.0 Å². The third-order valence-electron chi connectivity index (χ3n) is 5.90. The van der Waals surface area contributed by atoms with Crippen LogP contribution in [-0.2, 0) is 0 Å². The molecule has 2 aliphatic heterocycles. The van der Waals surface area contributed by atoms with Crippen LogP contribution in [0.3, 0.4) is 0 Å². The number of benzene rings is 1. The van der Waals surface area contributed by atoms with Gasteiger partial charge in [-0.05, 0) is 50.1 Å². The molecule has 7 nitrogen and oxygen atoms in total. The SMILES string of the molecule is Cc1ncccc1Nc1cccc2c1OCCN2C1CCN(c2ncccn2)CC1. The van der Waals surface area contributed by atoms with Crippen LogP contribution in [0, 0.1) is 6.92 Å². The van der Waals surface area contributed by atoms with E-state index in [0.717, 1.165) is 61.2 Å². The molecule has 1 N–H and O–H groups in total. The number of piperidine rings is 1. The van der Waals surface area contributed by atoms with Gasteiger partial charge in [0.2, 0.25) is 5.95 Å². The molecule has 7 heteroatoms. The zero-order valence-electron chi connectivity index (χ0n) is 17.2. The second-order valence-electron chi connectivity index (χ2n) is 7.72. The van der Waals surface area contributed by atoms with E-state index in [1.165, 1.54) is 5.69 Å². The minimum Gasteiger partial charge on any atom is -0.487 e. The fraction of sp³-hybridized carbons (Fsp3) is 0.348. The molecule has 2 aromatic heterocycles. The molecule has 4 heterocycles. The number of hydrogen-bond acceptors (Lipinski definition) is 7. The molecule has 2 aliphatic rings. The number of para-hydroxylation sites is 1.